The van der Waals surface area contributed by atoms with Gasteiger partial charge < -0.3 is 39.9 Å². The molecule has 1 saturated carbocycles. The third kappa shape index (κ3) is 29.5. The molecule has 1 rings (SSSR count). The van der Waals surface area contributed by atoms with Gasteiger partial charge in [0.1, 0.15) is 43.2 Å². The highest BCUT2D eigenvalue weighted by atomic mass is 31.2. The van der Waals surface area contributed by atoms with Gasteiger partial charge in [-0.3, -0.25) is 18.6 Å². The van der Waals surface area contributed by atoms with Gasteiger partial charge in [0.05, 0.1) is 6.61 Å². The summed E-state index contributed by atoms with van der Waals surface area (Å²) >= 11 is 0. The van der Waals surface area contributed by atoms with Gasteiger partial charge in [0.15, 0.2) is 6.10 Å². The molecule has 6 N–H and O–H groups in total. The first kappa shape index (κ1) is 56.6. The van der Waals surface area contributed by atoms with Crippen LogP contribution in [0.1, 0.15) is 168 Å². The number of aliphatic hydroxyl groups is 5. The van der Waals surface area contributed by atoms with E-state index in [0.29, 0.717) is 19.3 Å². The Morgan fingerprint density at radius 2 is 0.918 bits per heavy atom. The lowest BCUT2D eigenvalue weighted by molar-refractivity contribution is -0.220. The van der Waals surface area contributed by atoms with Crippen LogP contribution in [0.4, 0.5) is 0 Å². The summed E-state index contributed by atoms with van der Waals surface area (Å²) in [4.78, 5) is 35.6. The molecule has 13 nitrogen and oxygen atoms in total. The number of rotatable bonds is 37. The number of carbonyl (C=O) groups excluding carboxylic acids is 2. The number of esters is 2. The number of carbonyl (C=O) groups is 2. The average Bonchev–Trinajstić information content (AvgIpc) is 3.24. The van der Waals surface area contributed by atoms with Crippen LogP contribution in [0.5, 0.6) is 0 Å². The molecule has 0 heterocycles. The predicted molar refractivity (Wildman–Crippen MR) is 239 cm³/mol. The van der Waals surface area contributed by atoms with E-state index in [9.17, 15) is 44.6 Å². The number of hydrogen-bond donors (Lipinski definition) is 6. The van der Waals surface area contributed by atoms with E-state index in [1.54, 1.807) is 0 Å². The highest BCUT2D eigenvalue weighted by Gasteiger charge is 2.51. The minimum atomic E-state index is -5.13. The molecule has 0 aromatic rings. The maximum atomic E-state index is 12.8. The van der Waals surface area contributed by atoms with Crippen molar-refractivity contribution in [3.63, 3.8) is 0 Å². The van der Waals surface area contributed by atoms with Crippen LogP contribution in [0.15, 0.2) is 60.8 Å². The molecule has 61 heavy (non-hydrogen) atoms. The van der Waals surface area contributed by atoms with E-state index < -0.39 is 75.7 Å². The minimum Gasteiger partial charge on any atom is -0.462 e. The molecule has 0 aromatic heterocycles. The van der Waals surface area contributed by atoms with Crippen molar-refractivity contribution in [3.05, 3.63) is 60.8 Å². The molecule has 0 aromatic carbocycles. The number of hydrogen-bond acceptors (Lipinski definition) is 12. The van der Waals surface area contributed by atoms with Crippen LogP contribution in [-0.4, -0.2) is 98.3 Å². The second-order valence-corrected chi connectivity index (χ2v) is 17.3. The molecular formula is C47H81O13P. The molecule has 0 radical (unpaired) electrons. The Labute approximate surface area is 366 Å². The zero-order chi connectivity index (χ0) is 45.0. The molecular weight excluding hydrogens is 803 g/mol. The van der Waals surface area contributed by atoms with E-state index in [2.05, 4.69) is 62.5 Å². The smallest absolute Gasteiger partial charge is 0.462 e. The second-order valence-electron chi connectivity index (χ2n) is 15.9. The topological polar surface area (TPSA) is 210 Å². The van der Waals surface area contributed by atoms with Crippen LogP contribution in [0.3, 0.4) is 0 Å². The lowest BCUT2D eigenvalue weighted by Crippen LogP contribution is -2.64. The molecule has 0 amide bonds. The highest BCUT2D eigenvalue weighted by molar-refractivity contribution is 7.47. The van der Waals surface area contributed by atoms with Crippen molar-refractivity contribution >= 4 is 19.8 Å². The van der Waals surface area contributed by atoms with E-state index in [1.807, 2.05) is 12.2 Å². The van der Waals surface area contributed by atoms with Crippen molar-refractivity contribution in [1.82, 2.24) is 0 Å². The van der Waals surface area contributed by atoms with Gasteiger partial charge >= 0.3 is 19.8 Å². The fraction of sp³-hybridized carbons (Fsp3) is 0.745. The van der Waals surface area contributed by atoms with Crippen LogP contribution in [0.25, 0.3) is 0 Å². The summed E-state index contributed by atoms with van der Waals surface area (Å²) in [5.41, 5.74) is 0. The number of unbranched alkanes of at least 4 members (excludes halogenated alkanes) is 15. The fourth-order valence-electron chi connectivity index (χ4n) is 6.55. The Kier molecular flexibility index (Phi) is 34.3. The first-order valence-corrected chi connectivity index (χ1v) is 24.6. The summed E-state index contributed by atoms with van der Waals surface area (Å²) < 4.78 is 33.4. The van der Waals surface area contributed by atoms with Gasteiger partial charge in [-0.25, -0.2) is 4.57 Å². The zero-order valence-corrected chi connectivity index (χ0v) is 38.1. The predicted octanol–water partition coefficient (Wildman–Crippen LogP) is 8.94. The van der Waals surface area contributed by atoms with Crippen molar-refractivity contribution in [2.45, 2.75) is 211 Å². The van der Waals surface area contributed by atoms with Gasteiger partial charge in [-0.15, -0.1) is 0 Å². The summed E-state index contributed by atoms with van der Waals surface area (Å²) in [6.07, 6.45) is 31.5. The first-order chi connectivity index (χ1) is 29.4. The van der Waals surface area contributed by atoms with E-state index in [0.717, 1.165) is 64.2 Å². The Morgan fingerprint density at radius 3 is 1.46 bits per heavy atom. The van der Waals surface area contributed by atoms with Crippen LogP contribution < -0.4 is 0 Å². The Bertz CT molecular complexity index is 1300. The maximum Gasteiger partial charge on any atom is 0.472 e. The normalized spacial score (nSPS) is 22.6. The summed E-state index contributed by atoms with van der Waals surface area (Å²) in [7, 11) is -5.13. The van der Waals surface area contributed by atoms with Crippen LogP contribution >= 0.6 is 7.82 Å². The van der Waals surface area contributed by atoms with Crippen LogP contribution in [0, 0.1) is 0 Å². The van der Waals surface area contributed by atoms with Crippen molar-refractivity contribution in [2.75, 3.05) is 13.2 Å². The minimum absolute atomic E-state index is 0.0719. The average molecular weight is 885 g/mol. The van der Waals surface area contributed by atoms with E-state index in [4.69, 9.17) is 18.5 Å². The molecule has 0 spiro atoms. The zero-order valence-electron chi connectivity index (χ0n) is 37.2. The lowest BCUT2D eigenvalue weighted by atomic mass is 9.85. The van der Waals surface area contributed by atoms with Gasteiger partial charge in [0, 0.05) is 12.8 Å². The third-order valence-electron chi connectivity index (χ3n) is 10.3. The lowest BCUT2D eigenvalue weighted by Gasteiger charge is -2.41. The largest absolute Gasteiger partial charge is 0.472 e. The molecule has 6 unspecified atom stereocenters. The SMILES string of the molecule is CCCC/C=C/CCCCCCCC(=O)O[C@H](COC(=O)CCC/C=C/C/C=C/C/C=C/C/C=C/CCCCCCCCC)COP(=O)(O)OC1C(O)C(O)C(O)[C@@H](O)C1O. The van der Waals surface area contributed by atoms with E-state index >= 15 is 0 Å². The number of aliphatic hydroxyl groups excluding tert-OH is 5. The number of allylic oxidation sites excluding steroid dienone is 10. The Balaban J connectivity index is 2.47. The van der Waals surface area contributed by atoms with Gasteiger partial charge in [0.25, 0.3) is 0 Å². The van der Waals surface area contributed by atoms with Crippen molar-refractivity contribution in [3.8, 4) is 0 Å². The van der Waals surface area contributed by atoms with E-state index in [1.165, 1.54) is 57.8 Å². The van der Waals surface area contributed by atoms with Gasteiger partial charge in [-0.05, 0) is 70.6 Å². The first-order valence-electron chi connectivity index (χ1n) is 23.1. The molecule has 8 atom stereocenters. The quantitative estimate of drug-likeness (QED) is 0.0149. The summed E-state index contributed by atoms with van der Waals surface area (Å²) in [6.45, 7) is 3.18. The monoisotopic (exact) mass is 885 g/mol. The second kappa shape index (κ2) is 37.0. The molecule has 0 saturated heterocycles. The van der Waals surface area contributed by atoms with Crippen molar-refractivity contribution in [1.29, 1.82) is 0 Å². The molecule has 352 valence electrons. The van der Waals surface area contributed by atoms with Crippen LogP contribution in [-0.2, 0) is 32.7 Å². The number of phosphoric acid groups is 1. The summed E-state index contributed by atoms with van der Waals surface area (Å²) in [6, 6.07) is 0. The molecule has 1 aliphatic rings. The molecule has 1 aliphatic carbocycles. The third-order valence-corrected chi connectivity index (χ3v) is 11.3. The van der Waals surface area contributed by atoms with Gasteiger partial charge in [0.2, 0.25) is 0 Å². The standard InChI is InChI=1S/C47H81O13P/c1-3-5-7-9-11-13-15-16-17-18-19-20-21-22-23-24-26-27-29-31-33-35-40(48)57-37-39(59-41(49)36-34-32-30-28-25-14-12-10-8-6-4-2)38-58-61(55,56)60-47-45(53)43(51)42(50)44(52)46(47)54/h10,12,17-18,20-21,23-24,27,29,39,42-47,50-54H,3-9,11,13-16,19,22,25-26,28,30-38H2,1-2H3,(H,55,56)/b12-10+,18-17+,21-20+,24-23+,29-27+/t39-,42?,43-,44?,45?,46?,47?/m1/s1. The van der Waals surface area contributed by atoms with Gasteiger partial charge in [-0.2, -0.15) is 0 Å². The molecule has 1 fully saturated rings. The Hall–Kier alpha value is -2.45. The number of ether oxygens (including phenoxy) is 2. The Morgan fingerprint density at radius 1 is 0.508 bits per heavy atom. The summed E-state index contributed by atoms with van der Waals surface area (Å²) in [5.74, 6) is -1.18. The highest BCUT2D eigenvalue weighted by Crippen LogP contribution is 2.47. The fourth-order valence-corrected chi connectivity index (χ4v) is 7.53. The van der Waals surface area contributed by atoms with Crippen molar-refractivity contribution < 1.29 is 63.1 Å². The van der Waals surface area contributed by atoms with Gasteiger partial charge in [-0.1, -0.05) is 145 Å². The molecule has 14 heteroatoms. The van der Waals surface area contributed by atoms with Crippen molar-refractivity contribution in [2.24, 2.45) is 0 Å². The van der Waals surface area contributed by atoms with Crippen LogP contribution in [0.2, 0.25) is 0 Å². The molecule has 0 bridgehead atoms. The molecule has 0 aliphatic heterocycles. The maximum absolute atomic E-state index is 12.8. The van der Waals surface area contributed by atoms with E-state index in [-0.39, 0.29) is 12.8 Å². The number of phosphoric ester groups is 1. The summed E-state index contributed by atoms with van der Waals surface area (Å²) in [5, 5.41) is 50.1.